The Bertz CT molecular complexity index is 1600. The topological polar surface area (TPSA) is 3.24 Å². The number of benzene rings is 4. The van der Waals surface area contributed by atoms with Crippen LogP contribution in [0.25, 0.3) is 0 Å². The van der Waals surface area contributed by atoms with E-state index in [-0.39, 0.29) is 5.41 Å². The van der Waals surface area contributed by atoms with E-state index in [0.717, 1.165) is 23.7 Å². The van der Waals surface area contributed by atoms with E-state index in [2.05, 4.69) is 108 Å². The summed E-state index contributed by atoms with van der Waals surface area (Å²) in [7, 11) is 0. The van der Waals surface area contributed by atoms with Gasteiger partial charge in [-0.3, -0.25) is 0 Å². The molecule has 1 nitrogen and oxygen atoms in total. The Morgan fingerprint density at radius 2 is 0.915 bits per heavy atom. The molecule has 0 aliphatic heterocycles. The van der Waals surface area contributed by atoms with Crippen LogP contribution in [-0.2, 0) is 10.8 Å². The Morgan fingerprint density at radius 3 is 1.47 bits per heavy atom. The minimum absolute atomic E-state index is 0.129. The van der Waals surface area contributed by atoms with Crippen LogP contribution in [0.1, 0.15) is 131 Å². The van der Waals surface area contributed by atoms with Gasteiger partial charge in [0, 0.05) is 22.5 Å². The molecule has 4 aromatic carbocycles. The summed E-state index contributed by atoms with van der Waals surface area (Å²) in [5.41, 5.74) is 10.5. The van der Waals surface area contributed by atoms with Gasteiger partial charge in [-0.1, -0.05) is 105 Å². The first-order chi connectivity index (χ1) is 23.2. The van der Waals surface area contributed by atoms with Gasteiger partial charge in [0.15, 0.2) is 0 Å². The molecule has 6 fully saturated rings. The second kappa shape index (κ2) is 12.3. The zero-order valence-corrected chi connectivity index (χ0v) is 28.4. The van der Waals surface area contributed by atoms with Gasteiger partial charge in [0.2, 0.25) is 0 Å². The van der Waals surface area contributed by atoms with E-state index < -0.39 is 0 Å². The van der Waals surface area contributed by atoms with E-state index in [1.807, 2.05) is 0 Å². The molecule has 0 unspecified atom stereocenters. The van der Waals surface area contributed by atoms with Gasteiger partial charge in [-0.2, -0.15) is 0 Å². The summed E-state index contributed by atoms with van der Waals surface area (Å²) in [5.74, 6) is 3.65. The fourth-order valence-corrected chi connectivity index (χ4v) is 11.8. The van der Waals surface area contributed by atoms with Crippen LogP contribution in [0.5, 0.6) is 0 Å². The molecule has 10 rings (SSSR count). The molecule has 4 bridgehead atoms. The lowest BCUT2D eigenvalue weighted by Gasteiger charge is -2.57. The van der Waals surface area contributed by atoms with Crippen molar-refractivity contribution in [3.63, 3.8) is 0 Å². The SMILES string of the molecule is c1ccc(C2(c3ccc(N(c4ccc(C5CCCCC5)cc4)c4ccc(C56CC7CC(CC(C7)C5)C6)cc4)cc3)CCCCC2)cc1. The molecule has 0 aromatic heterocycles. The lowest BCUT2D eigenvalue weighted by molar-refractivity contribution is -0.00518. The predicted molar refractivity (Wildman–Crippen MR) is 197 cm³/mol. The van der Waals surface area contributed by atoms with Crippen LogP contribution in [0.4, 0.5) is 17.1 Å². The fourth-order valence-electron chi connectivity index (χ4n) is 11.8. The summed E-state index contributed by atoms with van der Waals surface area (Å²) in [6.07, 6.45) is 22.1. The second-order valence-electron chi connectivity index (χ2n) is 16.6. The minimum atomic E-state index is 0.129. The first-order valence-electron chi connectivity index (χ1n) is 19.3. The van der Waals surface area contributed by atoms with Crippen LogP contribution in [0.3, 0.4) is 0 Å². The molecular weight excluding hydrogens is 567 g/mol. The van der Waals surface area contributed by atoms with Crippen LogP contribution < -0.4 is 4.90 Å². The quantitative estimate of drug-likeness (QED) is 0.199. The predicted octanol–water partition coefficient (Wildman–Crippen LogP) is 12.9. The van der Waals surface area contributed by atoms with E-state index in [1.54, 1.807) is 5.56 Å². The van der Waals surface area contributed by atoms with E-state index in [9.17, 15) is 0 Å². The van der Waals surface area contributed by atoms with Gasteiger partial charge >= 0.3 is 0 Å². The van der Waals surface area contributed by atoms with Crippen molar-refractivity contribution in [2.45, 2.75) is 119 Å². The van der Waals surface area contributed by atoms with Gasteiger partial charge in [-0.25, -0.2) is 0 Å². The maximum Gasteiger partial charge on any atom is 0.0461 e. The Morgan fingerprint density at radius 1 is 0.447 bits per heavy atom. The maximum absolute atomic E-state index is 2.52. The van der Waals surface area contributed by atoms with Crippen LogP contribution in [-0.4, -0.2) is 0 Å². The third kappa shape index (κ3) is 5.47. The molecule has 0 heterocycles. The number of hydrogen-bond acceptors (Lipinski definition) is 1. The number of nitrogens with zero attached hydrogens (tertiary/aromatic N) is 1. The van der Waals surface area contributed by atoms with Gasteiger partial charge < -0.3 is 4.90 Å². The highest BCUT2D eigenvalue weighted by Crippen LogP contribution is 2.61. The third-order valence-electron chi connectivity index (χ3n) is 13.7. The first-order valence-corrected chi connectivity index (χ1v) is 19.3. The van der Waals surface area contributed by atoms with Gasteiger partial charge in [-0.05, 0) is 152 Å². The Labute approximate surface area is 283 Å². The Hall–Kier alpha value is -3.32. The van der Waals surface area contributed by atoms with Crippen LogP contribution in [0.2, 0.25) is 0 Å². The molecule has 0 N–H and O–H groups in total. The molecular formula is C46H53N. The van der Waals surface area contributed by atoms with Crippen molar-refractivity contribution < 1.29 is 0 Å². The zero-order valence-electron chi connectivity index (χ0n) is 28.4. The Balaban J connectivity index is 1.07. The van der Waals surface area contributed by atoms with Crippen molar-refractivity contribution in [2.24, 2.45) is 17.8 Å². The van der Waals surface area contributed by atoms with E-state index >= 15 is 0 Å². The average Bonchev–Trinajstić information content (AvgIpc) is 3.13. The lowest BCUT2D eigenvalue weighted by Crippen LogP contribution is -2.48. The third-order valence-corrected chi connectivity index (χ3v) is 13.7. The summed E-state index contributed by atoms with van der Waals surface area (Å²) in [6.45, 7) is 0. The summed E-state index contributed by atoms with van der Waals surface area (Å²) < 4.78 is 0. The molecule has 0 spiro atoms. The normalized spacial score (nSPS) is 28.3. The van der Waals surface area contributed by atoms with Gasteiger partial charge in [0.05, 0.1) is 0 Å². The smallest absolute Gasteiger partial charge is 0.0461 e. The highest BCUT2D eigenvalue weighted by molar-refractivity contribution is 5.77. The molecule has 6 aliphatic carbocycles. The summed E-state index contributed by atoms with van der Waals surface area (Å²) in [4.78, 5) is 2.52. The molecule has 4 aromatic rings. The van der Waals surface area contributed by atoms with Gasteiger partial charge in [0.25, 0.3) is 0 Å². The van der Waals surface area contributed by atoms with Crippen LogP contribution in [0, 0.1) is 17.8 Å². The first kappa shape index (κ1) is 29.8. The average molecular weight is 620 g/mol. The molecule has 1 heteroatoms. The number of anilines is 3. The van der Waals surface area contributed by atoms with Crippen molar-refractivity contribution in [2.75, 3.05) is 4.90 Å². The zero-order chi connectivity index (χ0) is 31.3. The number of rotatable bonds is 7. The maximum atomic E-state index is 2.52. The van der Waals surface area contributed by atoms with Crippen molar-refractivity contribution in [3.8, 4) is 0 Å². The molecule has 47 heavy (non-hydrogen) atoms. The van der Waals surface area contributed by atoms with Crippen molar-refractivity contribution in [1.82, 2.24) is 0 Å². The van der Waals surface area contributed by atoms with E-state index in [1.165, 1.54) is 136 Å². The molecule has 242 valence electrons. The van der Waals surface area contributed by atoms with Gasteiger partial charge in [0.1, 0.15) is 0 Å². The second-order valence-corrected chi connectivity index (χ2v) is 16.6. The highest BCUT2D eigenvalue weighted by atomic mass is 15.1. The molecule has 6 aliphatic rings. The van der Waals surface area contributed by atoms with E-state index in [4.69, 9.17) is 0 Å². The highest BCUT2D eigenvalue weighted by Gasteiger charge is 2.51. The molecule has 0 radical (unpaired) electrons. The minimum Gasteiger partial charge on any atom is -0.311 e. The van der Waals surface area contributed by atoms with E-state index in [0.29, 0.717) is 5.41 Å². The molecule has 0 amide bonds. The monoisotopic (exact) mass is 619 g/mol. The summed E-state index contributed by atoms with van der Waals surface area (Å²) in [6, 6.07) is 40.7. The fraction of sp³-hybridized carbons (Fsp3) is 0.478. The summed E-state index contributed by atoms with van der Waals surface area (Å²) in [5, 5.41) is 0. The van der Waals surface area contributed by atoms with Crippen molar-refractivity contribution >= 4 is 17.1 Å². The largest absolute Gasteiger partial charge is 0.311 e. The van der Waals surface area contributed by atoms with Crippen LogP contribution in [0.15, 0.2) is 103 Å². The summed E-state index contributed by atoms with van der Waals surface area (Å²) >= 11 is 0. The van der Waals surface area contributed by atoms with Crippen molar-refractivity contribution in [3.05, 3.63) is 125 Å². The lowest BCUT2D eigenvalue weighted by atomic mass is 9.48. The molecule has 0 atom stereocenters. The van der Waals surface area contributed by atoms with Gasteiger partial charge in [-0.15, -0.1) is 0 Å². The Kier molecular flexibility index (Phi) is 7.79. The number of hydrogen-bond donors (Lipinski definition) is 0. The van der Waals surface area contributed by atoms with Crippen molar-refractivity contribution in [1.29, 1.82) is 0 Å². The van der Waals surface area contributed by atoms with Crippen LogP contribution >= 0.6 is 0 Å². The molecule has 6 saturated carbocycles. The molecule has 0 saturated heterocycles. The standard InChI is InChI=1S/C46H53N/c1-4-10-37(11-5-1)38-14-20-42(21-15-38)47(43-22-16-39(17-23-43)45-31-34-28-35(32-45)30-36(29-34)33-45)44-24-18-41(19-25-44)46(26-8-3-9-27-46)40-12-6-2-7-13-40/h2,6-7,12-25,34-37H,1,3-5,8-11,26-33H2.